The predicted octanol–water partition coefficient (Wildman–Crippen LogP) is 2.18. The van der Waals surface area contributed by atoms with Gasteiger partial charge in [0.25, 0.3) is 0 Å². The van der Waals surface area contributed by atoms with Crippen molar-refractivity contribution in [3.63, 3.8) is 0 Å². The molecule has 2 aliphatic heterocycles. The van der Waals surface area contributed by atoms with E-state index in [0.29, 0.717) is 18.7 Å². The number of halogens is 1. The average Bonchev–Trinajstić information content (AvgIpc) is 2.99. The van der Waals surface area contributed by atoms with Crippen molar-refractivity contribution in [3.8, 4) is 0 Å². The second kappa shape index (κ2) is 6.26. The third-order valence-corrected chi connectivity index (χ3v) is 3.83. The van der Waals surface area contributed by atoms with E-state index >= 15 is 0 Å². The highest BCUT2D eigenvalue weighted by molar-refractivity contribution is 5.85. The van der Waals surface area contributed by atoms with E-state index in [9.17, 15) is 4.79 Å². The summed E-state index contributed by atoms with van der Waals surface area (Å²) in [7, 11) is 0. The zero-order chi connectivity index (χ0) is 12.4. The first-order valence-electron chi connectivity index (χ1n) is 6.55. The van der Waals surface area contributed by atoms with Crippen LogP contribution in [0.25, 0.3) is 0 Å². The smallest absolute Gasteiger partial charge is 0.410 e. The molecule has 1 aromatic rings. The van der Waals surface area contributed by atoms with Crippen molar-refractivity contribution in [2.75, 3.05) is 13.1 Å². The van der Waals surface area contributed by atoms with Crippen molar-refractivity contribution >= 4 is 18.5 Å². The van der Waals surface area contributed by atoms with Crippen molar-refractivity contribution in [1.82, 2.24) is 10.2 Å². The standard InChI is InChI=1S/C14H18N2O2.ClH/c17-14(18-10-11-4-2-1-3-5-11)16-9-7-12-13(16)6-8-15-12;/h1-5,12-13,15H,6-10H2;1H/t12-,13-;/m0./s1. The van der Waals surface area contributed by atoms with E-state index in [1.807, 2.05) is 35.2 Å². The van der Waals surface area contributed by atoms with E-state index in [-0.39, 0.29) is 18.5 Å². The topological polar surface area (TPSA) is 41.6 Å². The average molecular weight is 283 g/mol. The molecule has 0 unspecified atom stereocenters. The van der Waals surface area contributed by atoms with Crippen LogP contribution in [0.4, 0.5) is 4.79 Å². The van der Waals surface area contributed by atoms with Crippen LogP contribution in [0.1, 0.15) is 18.4 Å². The normalized spacial score (nSPS) is 24.7. The van der Waals surface area contributed by atoms with Crippen LogP contribution in [0.3, 0.4) is 0 Å². The highest BCUT2D eigenvalue weighted by Gasteiger charge is 2.40. The van der Waals surface area contributed by atoms with Gasteiger partial charge in [-0.25, -0.2) is 4.79 Å². The van der Waals surface area contributed by atoms with Gasteiger partial charge in [-0.1, -0.05) is 30.3 Å². The van der Waals surface area contributed by atoms with Crippen molar-refractivity contribution in [1.29, 1.82) is 0 Å². The summed E-state index contributed by atoms with van der Waals surface area (Å²) in [5.74, 6) is 0. The van der Waals surface area contributed by atoms with Crippen LogP contribution >= 0.6 is 12.4 Å². The molecule has 0 saturated carbocycles. The Labute approximate surface area is 119 Å². The Morgan fingerprint density at radius 1 is 1.32 bits per heavy atom. The molecule has 2 fully saturated rings. The van der Waals surface area contributed by atoms with Gasteiger partial charge in [0.05, 0.1) is 6.04 Å². The lowest BCUT2D eigenvalue weighted by atomic mass is 10.1. The van der Waals surface area contributed by atoms with E-state index in [4.69, 9.17) is 4.74 Å². The van der Waals surface area contributed by atoms with Crippen LogP contribution < -0.4 is 5.32 Å². The Kier molecular flexibility index (Phi) is 4.66. The molecular formula is C14H19ClN2O2. The fourth-order valence-corrected chi connectivity index (χ4v) is 2.89. The van der Waals surface area contributed by atoms with Crippen molar-refractivity contribution in [3.05, 3.63) is 35.9 Å². The molecular weight excluding hydrogens is 264 g/mol. The van der Waals surface area contributed by atoms with Crippen LogP contribution in [0.2, 0.25) is 0 Å². The zero-order valence-electron chi connectivity index (χ0n) is 10.7. The lowest BCUT2D eigenvalue weighted by Gasteiger charge is -2.22. The molecule has 0 aliphatic carbocycles. The quantitative estimate of drug-likeness (QED) is 0.904. The molecule has 0 radical (unpaired) electrons. The molecule has 2 aliphatic rings. The van der Waals surface area contributed by atoms with Gasteiger partial charge in [0.1, 0.15) is 6.61 Å². The van der Waals surface area contributed by atoms with Gasteiger partial charge in [-0.2, -0.15) is 0 Å². The highest BCUT2D eigenvalue weighted by atomic mass is 35.5. The number of amides is 1. The molecule has 2 saturated heterocycles. The zero-order valence-corrected chi connectivity index (χ0v) is 11.6. The van der Waals surface area contributed by atoms with Crippen LogP contribution in [-0.2, 0) is 11.3 Å². The molecule has 0 spiro atoms. The molecule has 1 amide bonds. The number of carbonyl (C=O) groups is 1. The molecule has 4 nitrogen and oxygen atoms in total. The highest BCUT2D eigenvalue weighted by Crippen LogP contribution is 2.25. The lowest BCUT2D eigenvalue weighted by Crippen LogP contribution is -2.38. The number of likely N-dealkylation sites (tertiary alicyclic amines) is 1. The predicted molar refractivity (Wildman–Crippen MR) is 75.4 cm³/mol. The second-order valence-corrected chi connectivity index (χ2v) is 4.94. The number of carbonyl (C=O) groups excluding carboxylic acids is 1. The summed E-state index contributed by atoms with van der Waals surface area (Å²) in [6, 6.07) is 10.6. The summed E-state index contributed by atoms with van der Waals surface area (Å²) in [6.07, 6.45) is 1.92. The van der Waals surface area contributed by atoms with Crippen LogP contribution in [-0.4, -0.2) is 36.2 Å². The number of nitrogens with zero attached hydrogens (tertiary/aromatic N) is 1. The maximum Gasteiger partial charge on any atom is 0.410 e. The number of nitrogens with one attached hydrogen (secondary N) is 1. The third kappa shape index (κ3) is 3.01. The minimum absolute atomic E-state index is 0. The van der Waals surface area contributed by atoms with Gasteiger partial charge in [0.2, 0.25) is 0 Å². The molecule has 19 heavy (non-hydrogen) atoms. The first kappa shape index (κ1) is 14.2. The van der Waals surface area contributed by atoms with Gasteiger partial charge in [-0.05, 0) is 24.9 Å². The summed E-state index contributed by atoms with van der Waals surface area (Å²) >= 11 is 0. The van der Waals surface area contributed by atoms with Gasteiger partial charge in [0.15, 0.2) is 0 Å². The molecule has 104 valence electrons. The number of benzene rings is 1. The van der Waals surface area contributed by atoms with Gasteiger partial charge in [0, 0.05) is 12.6 Å². The molecule has 5 heteroatoms. The number of rotatable bonds is 2. The summed E-state index contributed by atoms with van der Waals surface area (Å²) in [6.45, 7) is 2.19. The van der Waals surface area contributed by atoms with E-state index in [1.165, 1.54) is 0 Å². The Hall–Kier alpha value is -1.26. The fraction of sp³-hybridized carbons (Fsp3) is 0.500. The monoisotopic (exact) mass is 282 g/mol. The number of hydrogen-bond donors (Lipinski definition) is 1. The van der Waals surface area contributed by atoms with Crippen LogP contribution in [0.15, 0.2) is 30.3 Å². The van der Waals surface area contributed by atoms with Gasteiger partial charge < -0.3 is 15.0 Å². The van der Waals surface area contributed by atoms with Crippen molar-refractivity contribution in [2.45, 2.75) is 31.5 Å². The lowest BCUT2D eigenvalue weighted by molar-refractivity contribution is 0.0922. The van der Waals surface area contributed by atoms with Crippen molar-refractivity contribution < 1.29 is 9.53 Å². The fourth-order valence-electron chi connectivity index (χ4n) is 2.89. The number of fused-ring (bicyclic) bond motifs is 1. The SMILES string of the molecule is Cl.O=C(OCc1ccccc1)N1CC[C@@H]2NCC[C@@H]21. The molecule has 0 bridgehead atoms. The molecule has 1 N–H and O–H groups in total. The number of ether oxygens (including phenoxy) is 1. The van der Waals surface area contributed by atoms with E-state index in [0.717, 1.165) is 31.5 Å². The Morgan fingerprint density at radius 3 is 2.89 bits per heavy atom. The first-order chi connectivity index (χ1) is 8.84. The Bertz CT molecular complexity index is 427. The molecule has 2 heterocycles. The summed E-state index contributed by atoms with van der Waals surface area (Å²) < 4.78 is 5.38. The Balaban J connectivity index is 0.00000133. The summed E-state index contributed by atoms with van der Waals surface area (Å²) in [5, 5.41) is 3.43. The van der Waals surface area contributed by atoms with Crippen LogP contribution in [0.5, 0.6) is 0 Å². The largest absolute Gasteiger partial charge is 0.445 e. The molecule has 0 aromatic heterocycles. The summed E-state index contributed by atoms with van der Waals surface area (Å²) in [5.41, 5.74) is 1.03. The molecule has 1 aromatic carbocycles. The molecule has 3 rings (SSSR count). The molecule has 2 atom stereocenters. The minimum Gasteiger partial charge on any atom is -0.445 e. The van der Waals surface area contributed by atoms with E-state index < -0.39 is 0 Å². The van der Waals surface area contributed by atoms with E-state index in [2.05, 4.69) is 5.32 Å². The first-order valence-corrected chi connectivity index (χ1v) is 6.55. The van der Waals surface area contributed by atoms with Crippen molar-refractivity contribution in [2.24, 2.45) is 0 Å². The van der Waals surface area contributed by atoms with Crippen LogP contribution in [0, 0.1) is 0 Å². The second-order valence-electron chi connectivity index (χ2n) is 4.94. The maximum absolute atomic E-state index is 12.0. The van der Waals surface area contributed by atoms with Gasteiger partial charge in [-0.15, -0.1) is 12.4 Å². The minimum atomic E-state index is -0.171. The van der Waals surface area contributed by atoms with Gasteiger partial charge >= 0.3 is 6.09 Å². The van der Waals surface area contributed by atoms with E-state index in [1.54, 1.807) is 0 Å². The number of hydrogen-bond acceptors (Lipinski definition) is 3. The maximum atomic E-state index is 12.0. The Morgan fingerprint density at radius 2 is 2.11 bits per heavy atom. The van der Waals surface area contributed by atoms with Gasteiger partial charge in [-0.3, -0.25) is 0 Å². The third-order valence-electron chi connectivity index (χ3n) is 3.83. The summed E-state index contributed by atoms with van der Waals surface area (Å²) in [4.78, 5) is 13.9.